The standard InChI is InChI=1S/C2H5B10/c1-4-8-12-10-6-2-5-9-11-7-3/h2H2,1H3. The average Bonchev–Trinajstić information content (AvgIpc) is 2.10. The van der Waals surface area contributed by atoms with Gasteiger partial charge in [-0.1, -0.05) is 0 Å². The second-order valence-electron chi connectivity index (χ2n) is 2.20. The molecule has 10 heteroatoms. The van der Waals surface area contributed by atoms with E-state index in [9.17, 15) is 0 Å². The molecule has 12 heavy (non-hydrogen) atoms. The first-order valence-electron chi connectivity index (χ1n) is 4.06. The van der Waals surface area contributed by atoms with E-state index in [2.05, 4.69) is 7.17 Å². The second-order valence-corrected chi connectivity index (χ2v) is 2.20. The minimum atomic E-state index is 0.943. The van der Waals surface area contributed by atoms with Crippen LogP contribution in [-0.4, -0.2) is 71.6 Å². The zero-order valence-corrected chi connectivity index (χ0v) is 7.48. The van der Waals surface area contributed by atoms with E-state index in [4.69, 9.17) is 7.74 Å². The second kappa shape index (κ2) is 11.6. The molecule has 0 aromatic rings. The third kappa shape index (κ3) is 10.6. The predicted molar refractivity (Wildman–Crippen MR) is 68.2 cm³/mol. The molecule has 43 valence electrons. The van der Waals surface area contributed by atoms with Gasteiger partial charge in [-0.15, -0.1) is 13.0 Å². The summed E-state index contributed by atoms with van der Waals surface area (Å²) in [6.07, 6.45) is 0.943. The molecule has 0 aliphatic rings. The Labute approximate surface area is 85.0 Å². The number of hydrogen-bond donors (Lipinski definition) is 0. The molecular weight excluding hydrogens is 132 g/mol. The third-order valence-corrected chi connectivity index (χ3v) is 1.18. The van der Waals surface area contributed by atoms with E-state index in [1.165, 1.54) is 7.06 Å². The maximum atomic E-state index is 5.14. The maximum absolute atomic E-state index is 5.14. The van der Waals surface area contributed by atoms with Gasteiger partial charge >= 0.3 is 0 Å². The summed E-state index contributed by atoms with van der Waals surface area (Å²) in [6.45, 7) is 2.00. The van der Waals surface area contributed by atoms with Crippen molar-refractivity contribution >= 4 is 71.6 Å². The molecule has 0 spiro atoms. The monoisotopic (exact) mass is 139 g/mol. The van der Waals surface area contributed by atoms with Crippen LogP contribution in [0.2, 0.25) is 13.0 Å². The third-order valence-electron chi connectivity index (χ3n) is 1.18. The average molecular weight is 137 g/mol. The zero-order valence-electron chi connectivity index (χ0n) is 7.48. The molecule has 0 nitrogen and oxygen atoms in total. The molecule has 0 bridgehead atoms. The normalized spacial score (nSPS) is 7.42. The van der Waals surface area contributed by atoms with Gasteiger partial charge in [-0.25, -0.2) is 0 Å². The highest BCUT2D eigenvalue weighted by atomic mass is 13.1. The SMILES string of the molecule is [B][B][B][B][B]C[B][B][B][B][B]C. The molecule has 0 saturated carbocycles. The van der Waals surface area contributed by atoms with Crippen LogP contribution in [0.3, 0.4) is 0 Å². The van der Waals surface area contributed by atoms with E-state index >= 15 is 0 Å². The van der Waals surface area contributed by atoms with Crippen molar-refractivity contribution in [1.82, 2.24) is 0 Å². The van der Waals surface area contributed by atoms with Gasteiger partial charge in [0, 0.05) is 64.4 Å². The molecule has 0 aromatic carbocycles. The number of hydrogen-bond acceptors (Lipinski definition) is 0. The van der Waals surface area contributed by atoms with Crippen molar-refractivity contribution in [2.45, 2.75) is 13.0 Å². The van der Waals surface area contributed by atoms with Gasteiger partial charge in [0.15, 0.2) is 0 Å². The fourth-order valence-corrected chi connectivity index (χ4v) is 0.632. The molecule has 0 atom stereocenters. The summed E-state index contributed by atoms with van der Waals surface area (Å²) in [7, 11) is 22.6. The first-order valence-corrected chi connectivity index (χ1v) is 4.06. The summed E-state index contributed by atoms with van der Waals surface area (Å²) in [4.78, 5) is 0. The lowest BCUT2D eigenvalue weighted by atomic mass is 8.98. The van der Waals surface area contributed by atoms with Gasteiger partial charge in [0.05, 0.1) is 7.17 Å². The molecule has 0 heterocycles. The van der Waals surface area contributed by atoms with Gasteiger partial charge in [0.1, 0.15) is 0 Å². The Morgan fingerprint density at radius 2 is 1.58 bits per heavy atom. The largest absolute Gasteiger partial charge is 0.122 e. The Bertz CT molecular complexity index is 64.2. The molecular formula is C2H5B10. The first kappa shape index (κ1) is 12.6. The van der Waals surface area contributed by atoms with Crippen LogP contribution in [0, 0.1) is 0 Å². The Hall–Kier alpha value is 0.649. The highest BCUT2D eigenvalue weighted by Crippen LogP contribution is 1.71. The van der Waals surface area contributed by atoms with Gasteiger partial charge in [-0.3, -0.25) is 0 Å². The van der Waals surface area contributed by atoms with E-state index in [1.807, 2.05) is 56.5 Å². The molecule has 0 unspecified atom stereocenters. The Morgan fingerprint density at radius 1 is 0.917 bits per heavy atom. The zero-order chi connectivity index (χ0) is 9.07. The Balaban J connectivity index is 2.73. The van der Waals surface area contributed by atoms with Crippen molar-refractivity contribution in [3.63, 3.8) is 0 Å². The highest BCUT2D eigenvalue weighted by molar-refractivity contribution is 7.55. The van der Waals surface area contributed by atoms with Gasteiger partial charge < -0.3 is 0 Å². The lowest BCUT2D eigenvalue weighted by molar-refractivity contribution is 2.10. The van der Waals surface area contributed by atoms with Crippen molar-refractivity contribution < 1.29 is 0 Å². The summed E-state index contributed by atoms with van der Waals surface area (Å²) < 4.78 is 0. The van der Waals surface area contributed by atoms with Crippen LogP contribution in [0.4, 0.5) is 0 Å². The van der Waals surface area contributed by atoms with E-state index in [0.717, 1.165) is 6.22 Å². The molecule has 0 amide bonds. The van der Waals surface area contributed by atoms with Crippen molar-refractivity contribution in [1.29, 1.82) is 0 Å². The molecule has 0 N–H and O–H groups in total. The van der Waals surface area contributed by atoms with Gasteiger partial charge in [-0.2, -0.15) is 0 Å². The predicted octanol–water partition coefficient (Wildman–Crippen LogP) is -2.76. The fraction of sp³-hybridized carbons (Fsp3) is 1.00. The quantitative estimate of drug-likeness (QED) is 0.238. The van der Waals surface area contributed by atoms with Gasteiger partial charge in [0.25, 0.3) is 0 Å². The van der Waals surface area contributed by atoms with Crippen LogP contribution in [0.1, 0.15) is 0 Å². The molecule has 0 aliphatic heterocycles. The van der Waals surface area contributed by atoms with Crippen molar-refractivity contribution in [3.8, 4) is 0 Å². The molecule has 0 fully saturated rings. The molecule has 11 radical (unpaired) electrons. The Morgan fingerprint density at radius 3 is 2.17 bits per heavy atom. The lowest BCUT2D eigenvalue weighted by Gasteiger charge is -1.94. The van der Waals surface area contributed by atoms with Crippen LogP contribution in [-0.2, 0) is 0 Å². The first-order chi connectivity index (χ1) is 5.91. The minimum Gasteiger partial charge on any atom is -0.122 e. The van der Waals surface area contributed by atoms with Crippen molar-refractivity contribution in [2.24, 2.45) is 0 Å². The Kier molecular flexibility index (Phi) is 12.3. The van der Waals surface area contributed by atoms with E-state index < -0.39 is 0 Å². The van der Waals surface area contributed by atoms with E-state index in [-0.39, 0.29) is 0 Å². The lowest BCUT2D eigenvalue weighted by Crippen LogP contribution is -2.25. The highest BCUT2D eigenvalue weighted by Gasteiger charge is 1.95. The van der Waals surface area contributed by atoms with Gasteiger partial charge in [-0.05, 0) is 0 Å². The molecule has 0 aromatic heterocycles. The molecule has 0 saturated heterocycles. The van der Waals surface area contributed by atoms with Crippen LogP contribution < -0.4 is 0 Å². The summed E-state index contributed by atoms with van der Waals surface area (Å²) in [5.41, 5.74) is 0. The maximum Gasteiger partial charge on any atom is 0.0502 e. The summed E-state index contributed by atoms with van der Waals surface area (Å²) in [6, 6.07) is 0. The molecule has 0 rings (SSSR count). The molecule has 0 aliphatic carbocycles. The van der Waals surface area contributed by atoms with Crippen LogP contribution in [0.15, 0.2) is 0 Å². The summed E-state index contributed by atoms with van der Waals surface area (Å²) >= 11 is 0. The summed E-state index contributed by atoms with van der Waals surface area (Å²) in [5, 5.41) is 0. The smallest absolute Gasteiger partial charge is 0.0502 e. The van der Waals surface area contributed by atoms with Crippen LogP contribution in [0.5, 0.6) is 0 Å². The minimum absolute atomic E-state index is 0.943. The van der Waals surface area contributed by atoms with Crippen LogP contribution in [0.25, 0.3) is 0 Å². The van der Waals surface area contributed by atoms with Gasteiger partial charge in [0.2, 0.25) is 0 Å². The topological polar surface area (TPSA) is 0 Å². The number of rotatable bonds is 9. The summed E-state index contributed by atoms with van der Waals surface area (Å²) in [5.74, 6) is 0. The van der Waals surface area contributed by atoms with Crippen LogP contribution >= 0.6 is 0 Å². The van der Waals surface area contributed by atoms with Crippen molar-refractivity contribution in [2.75, 3.05) is 0 Å². The fourth-order valence-electron chi connectivity index (χ4n) is 0.632. The van der Waals surface area contributed by atoms with E-state index in [0.29, 0.717) is 0 Å². The van der Waals surface area contributed by atoms with E-state index in [1.54, 1.807) is 0 Å². The van der Waals surface area contributed by atoms with Crippen molar-refractivity contribution in [3.05, 3.63) is 0 Å².